The summed E-state index contributed by atoms with van der Waals surface area (Å²) < 4.78 is 27.7. The van der Waals surface area contributed by atoms with Gasteiger partial charge in [0.05, 0.1) is 11.6 Å². The fourth-order valence-electron chi connectivity index (χ4n) is 3.81. The molecule has 1 fully saturated rings. The number of pyridine rings is 1. The zero-order valence-corrected chi connectivity index (χ0v) is 17.0. The number of anilines is 1. The van der Waals surface area contributed by atoms with E-state index in [1.165, 1.54) is 0 Å². The molecule has 2 atom stereocenters. The summed E-state index contributed by atoms with van der Waals surface area (Å²) in [6.07, 6.45) is 5.89. The summed E-state index contributed by atoms with van der Waals surface area (Å²) in [4.78, 5) is 19.3. The van der Waals surface area contributed by atoms with Crippen LogP contribution in [0.5, 0.6) is 0 Å². The molecule has 2 aliphatic rings. The first-order chi connectivity index (χ1) is 13.7. The molecule has 1 aliphatic carbocycles. The summed E-state index contributed by atoms with van der Waals surface area (Å²) >= 11 is 0. The Morgan fingerprint density at radius 3 is 2.83 bits per heavy atom. The van der Waals surface area contributed by atoms with Crippen LogP contribution in [0.3, 0.4) is 0 Å². The summed E-state index contributed by atoms with van der Waals surface area (Å²) in [5.74, 6) is -2.57. The Hall–Kier alpha value is -2.75. The second-order valence-electron chi connectivity index (χ2n) is 7.96. The van der Waals surface area contributed by atoms with Crippen molar-refractivity contribution in [2.24, 2.45) is 5.92 Å². The Morgan fingerprint density at radius 2 is 2.10 bits per heavy atom. The van der Waals surface area contributed by atoms with Gasteiger partial charge >= 0.3 is 0 Å². The van der Waals surface area contributed by atoms with Gasteiger partial charge in [-0.2, -0.15) is 5.26 Å². The Kier molecular flexibility index (Phi) is 6.02. The van der Waals surface area contributed by atoms with E-state index in [0.29, 0.717) is 29.9 Å². The molecule has 2 unspecified atom stereocenters. The van der Waals surface area contributed by atoms with Gasteiger partial charge in [-0.05, 0) is 37.8 Å². The molecule has 0 bridgehead atoms. The van der Waals surface area contributed by atoms with Gasteiger partial charge in [0.1, 0.15) is 17.6 Å². The maximum absolute atomic E-state index is 13.8. The molecule has 154 valence electrons. The lowest BCUT2D eigenvalue weighted by Gasteiger charge is -2.27. The first-order valence-electron chi connectivity index (χ1n) is 9.92. The minimum Gasteiger partial charge on any atom is -0.356 e. The van der Waals surface area contributed by atoms with E-state index in [4.69, 9.17) is 0 Å². The van der Waals surface area contributed by atoms with Crippen LogP contribution >= 0.6 is 0 Å². The highest BCUT2D eigenvalue weighted by Gasteiger charge is 2.34. The van der Waals surface area contributed by atoms with E-state index in [-0.39, 0.29) is 42.9 Å². The van der Waals surface area contributed by atoms with Crippen molar-refractivity contribution in [3.63, 3.8) is 0 Å². The number of allylic oxidation sites excluding steroid dienone is 2. The summed E-state index contributed by atoms with van der Waals surface area (Å²) in [6, 6.07) is 3.41. The Bertz CT molecular complexity index is 901. The third kappa shape index (κ3) is 4.81. The van der Waals surface area contributed by atoms with Crippen molar-refractivity contribution in [1.82, 2.24) is 10.3 Å². The number of hydrogen-bond donors (Lipinski definition) is 1. The lowest BCUT2D eigenvalue weighted by molar-refractivity contribution is -0.0102. The number of hydrogen-bond acceptors (Lipinski definition) is 4. The van der Waals surface area contributed by atoms with Gasteiger partial charge in [-0.25, -0.2) is 13.8 Å². The third-order valence-corrected chi connectivity index (χ3v) is 5.53. The van der Waals surface area contributed by atoms with Crippen molar-refractivity contribution in [2.45, 2.75) is 52.0 Å². The van der Waals surface area contributed by atoms with Gasteiger partial charge in [0.25, 0.3) is 5.91 Å². The highest BCUT2D eigenvalue weighted by molar-refractivity contribution is 6.00. The molecule has 0 spiro atoms. The summed E-state index contributed by atoms with van der Waals surface area (Å²) in [7, 11) is 0. The predicted molar refractivity (Wildman–Crippen MR) is 108 cm³/mol. The third-order valence-electron chi connectivity index (χ3n) is 5.53. The van der Waals surface area contributed by atoms with Gasteiger partial charge in [0, 0.05) is 25.9 Å². The van der Waals surface area contributed by atoms with Crippen molar-refractivity contribution >= 4 is 11.7 Å². The summed E-state index contributed by atoms with van der Waals surface area (Å²) in [5.41, 5.74) is 2.20. The van der Waals surface area contributed by atoms with Crippen LogP contribution in [0.2, 0.25) is 0 Å². The largest absolute Gasteiger partial charge is 0.356 e. The zero-order chi connectivity index (χ0) is 21.2. The average molecular weight is 400 g/mol. The Labute approximate surface area is 170 Å². The van der Waals surface area contributed by atoms with E-state index in [2.05, 4.69) is 10.3 Å². The van der Waals surface area contributed by atoms with Crippen LogP contribution in [-0.4, -0.2) is 35.9 Å². The lowest BCUT2D eigenvalue weighted by Crippen LogP contribution is -2.40. The topological polar surface area (TPSA) is 69.0 Å². The summed E-state index contributed by atoms with van der Waals surface area (Å²) in [5, 5.41) is 12.4. The number of nitriles is 1. The van der Waals surface area contributed by atoms with Crippen LogP contribution < -0.4 is 10.2 Å². The fourth-order valence-corrected chi connectivity index (χ4v) is 3.81. The molecule has 3 rings (SSSR count). The quantitative estimate of drug-likeness (QED) is 0.828. The maximum atomic E-state index is 13.8. The number of nitrogens with zero attached hydrogens (tertiary/aromatic N) is 3. The minimum atomic E-state index is -2.72. The van der Waals surface area contributed by atoms with Crippen molar-refractivity contribution < 1.29 is 13.6 Å². The van der Waals surface area contributed by atoms with Crippen LogP contribution in [0.1, 0.15) is 54.7 Å². The van der Waals surface area contributed by atoms with E-state index in [0.717, 1.165) is 5.57 Å². The van der Waals surface area contributed by atoms with E-state index in [9.17, 15) is 18.8 Å². The minimum absolute atomic E-state index is 0.0934. The number of halogens is 2. The molecule has 2 heterocycles. The second-order valence-corrected chi connectivity index (χ2v) is 7.96. The van der Waals surface area contributed by atoms with Crippen LogP contribution in [0.25, 0.3) is 0 Å². The standard InChI is InChI=1S/C22H26F2N4O/c1-14-5-6-15(2)18(11-14)27-21(29)19-16(3)12-17(13-25)26-20(19)28-9-4-7-22(23,24)8-10-28/h5-6,11-12,15,18H,4,7-10H2,1-3H3,(H,27,29). The number of carbonyl (C=O) groups excluding carboxylic acids is 1. The highest BCUT2D eigenvalue weighted by atomic mass is 19.3. The Morgan fingerprint density at radius 1 is 1.34 bits per heavy atom. The number of aryl methyl sites for hydroxylation is 1. The van der Waals surface area contributed by atoms with Crippen LogP contribution in [0.15, 0.2) is 29.9 Å². The highest BCUT2D eigenvalue weighted by Crippen LogP contribution is 2.32. The van der Waals surface area contributed by atoms with Crippen LogP contribution in [0, 0.1) is 24.2 Å². The molecule has 5 nitrogen and oxygen atoms in total. The number of carbonyl (C=O) groups is 1. The van der Waals surface area contributed by atoms with E-state index >= 15 is 0 Å². The molecule has 1 amide bonds. The van der Waals surface area contributed by atoms with Gasteiger partial charge in [0.2, 0.25) is 5.92 Å². The van der Waals surface area contributed by atoms with Crippen LogP contribution in [-0.2, 0) is 0 Å². The normalized spacial score (nSPS) is 23.7. The van der Waals surface area contributed by atoms with E-state index in [1.54, 1.807) is 17.9 Å². The van der Waals surface area contributed by atoms with E-state index < -0.39 is 5.92 Å². The molecular formula is C22H26F2N4O. The molecule has 1 aliphatic heterocycles. The van der Waals surface area contributed by atoms with Gasteiger partial charge in [-0.15, -0.1) is 0 Å². The molecule has 1 N–H and O–H groups in total. The molecule has 29 heavy (non-hydrogen) atoms. The number of alkyl halides is 2. The van der Waals surface area contributed by atoms with Crippen molar-refractivity contribution in [1.29, 1.82) is 5.26 Å². The molecule has 0 radical (unpaired) electrons. The molecule has 1 aromatic heterocycles. The SMILES string of the molecule is CC1=CC(NC(=O)c2c(C)cc(C#N)nc2N2CCCC(F)(F)CC2)C(C)C=C1. The van der Waals surface area contributed by atoms with Crippen molar-refractivity contribution in [3.8, 4) is 6.07 Å². The first kappa shape index (κ1) is 21.0. The lowest BCUT2D eigenvalue weighted by atomic mass is 9.93. The van der Waals surface area contributed by atoms with Crippen LogP contribution in [0.4, 0.5) is 14.6 Å². The average Bonchev–Trinajstić information content (AvgIpc) is 2.84. The molecule has 0 saturated carbocycles. The summed E-state index contributed by atoms with van der Waals surface area (Å²) in [6.45, 7) is 6.21. The van der Waals surface area contributed by atoms with Gasteiger partial charge in [-0.3, -0.25) is 4.79 Å². The smallest absolute Gasteiger partial charge is 0.255 e. The fraction of sp³-hybridized carbons (Fsp3) is 0.500. The van der Waals surface area contributed by atoms with Crippen molar-refractivity contribution in [3.05, 3.63) is 46.7 Å². The Balaban J connectivity index is 1.94. The molecule has 7 heteroatoms. The zero-order valence-electron chi connectivity index (χ0n) is 17.0. The molecular weight excluding hydrogens is 374 g/mol. The monoisotopic (exact) mass is 400 g/mol. The number of aromatic nitrogens is 1. The molecule has 1 aromatic rings. The van der Waals surface area contributed by atoms with E-state index in [1.807, 2.05) is 38.1 Å². The predicted octanol–water partition coefficient (Wildman–Crippen LogP) is 4.14. The molecule has 1 saturated heterocycles. The first-order valence-corrected chi connectivity index (χ1v) is 9.92. The molecule has 0 aromatic carbocycles. The second kappa shape index (κ2) is 8.32. The number of amides is 1. The maximum Gasteiger partial charge on any atom is 0.255 e. The van der Waals surface area contributed by atoms with Gasteiger partial charge in [0.15, 0.2) is 0 Å². The number of nitrogens with one attached hydrogen (secondary N) is 1. The van der Waals surface area contributed by atoms with Gasteiger partial charge in [-0.1, -0.05) is 30.7 Å². The van der Waals surface area contributed by atoms with Crippen molar-refractivity contribution in [2.75, 3.05) is 18.0 Å². The van der Waals surface area contributed by atoms with Gasteiger partial charge < -0.3 is 10.2 Å². The number of rotatable bonds is 3.